The number of aromatic nitrogens is 2. The van der Waals surface area contributed by atoms with Crippen molar-refractivity contribution in [2.24, 2.45) is 0 Å². The zero-order valence-corrected chi connectivity index (χ0v) is 22.4. The molecule has 0 saturated heterocycles. The lowest BCUT2D eigenvalue weighted by Crippen LogP contribution is -2.22. The molecule has 0 radical (unpaired) electrons. The Hall–Kier alpha value is -3.01. The first-order chi connectivity index (χ1) is 18.1. The van der Waals surface area contributed by atoms with Crippen LogP contribution < -0.4 is 0 Å². The number of carboxylic acid groups (broad SMARTS) is 1. The van der Waals surface area contributed by atoms with Crippen molar-refractivity contribution in [1.29, 1.82) is 0 Å². The quantitative estimate of drug-likeness (QED) is 0.226. The van der Waals surface area contributed by atoms with Gasteiger partial charge in [-0.1, -0.05) is 100 Å². The fourth-order valence-corrected chi connectivity index (χ4v) is 5.83. The number of unbranched alkanes of at least 4 members (excludes halogenated alkanes) is 5. The molecule has 196 valence electrons. The molecule has 0 aliphatic heterocycles. The molecule has 1 aliphatic carbocycles. The van der Waals surface area contributed by atoms with Crippen LogP contribution in [0.3, 0.4) is 0 Å². The molecular formula is C33H42N2O2. The monoisotopic (exact) mass is 498 g/mol. The lowest BCUT2D eigenvalue weighted by atomic mass is 9.76. The number of aryl methyl sites for hydroxylation is 1. The summed E-state index contributed by atoms with van der Waals surface area (Å²) in [6, 6.07) is 17.6. The Morgan fingerprint density at radius 3 is 2.00 bits per heavy atom. The number of nitrogens with zero attached hydrogens (tertiary/aromatic N) is 2. The van der Waals surface area contributed by atoms with E-state index in [0.717, 1.165) is 49.9 Å². The van der Waals surface area contributed by atoms with Crippen molar-refractivity contribution in [3.05, 3.63) is 72.1 Å². The second-order valence-corrected chi connectivity index (χ2v) is 10.8. The first kappa shape index (κ1) is 27.0. The van der Waals surface area contributed by atoms with Gasteiger partial charge in [0.05, 0.1) is 0 Å². The van der Waals surface area contributed by atoms with Crippen LogP contribution in [-0.4, -0.2) is 21.0 Å². The molecule has 1 aromatic heterocycles. The molecule has 0 spiro atoms. The smallest absolute Gasteiger partial charge is 0.303 e. The highest BCUT2D eigenvalue weighted by molar-refractivity contribution is 5.68. The third-order valence-corrected chi connectivity index (χ3v) is 8.12. The van der Waals surface area contributed by atoms with E-state index < -0.39 is 5.97 Å². The Morgan fingerprint density at radius 1 is 0.784 bits per heavy atom. The van der Waals surface area contributed by atoms with Gasteiger partial charge in [0.25, 0.3) is 0 Å². The van der Waals surface area contributed by atoms with Crippen LogP contribution in [0.5, 0.6) is 0 Å². The largest absolute Gasteiger partial charge is 0.481 e. The summed E-state index contributed by atoms with van der Waals surface area (Å²) in [5.41, 5.74) is 6.39. The van der Waals surface area contributed by atoms with Crippen molar-refractivity contribution < 1.29 is 9.90 Å². The van der Waals surface area contributed by atoms with E-state index in [-0.39, 0.29) is 11.8 Å². The average Bonchev–Trinajstić information content (AvgIpc) is 3.41. The van der Waals surface area contributed by atoms with Crippen molar-refractivity contribution in [3.8, 4) is 22.5 Å². The van der Waals surface area contributed by atoms with Gasteiger partial charge in [-0.25, -0.2) is 9.97 Å². The summed E-state index contributed by atoms with van der Waals surface area (Å²) in [6.45, 7) is 2.25. The van der Waals surface area contributed by atoms with E-state index in [9.17, 15) is 4.79 Å². The zero-order valence-electron chi connectivity index (χ0n) is 22.4. The summed E-state index contributed by atoms with van der Waals surface area (Å²) >= 11 is 0. The van der Waals surface area contributed by atoms with Crippen LogP contribution in [0.25, 0.3) is 22.5 Å². The molecule has 4 nitrogen and oxygen atoms in total. The second-order valence-electron chi connectivity index (χ2n) is 10.8. The van der Waals surface area contributed by atoms with Crippen LogP contribution >= 0.6 is 0 Å². The van der Waals surface area contributed by atoms with E-state index in [1.807, 2.05) is 0 Å². The summed E-state index contributed by atoms with van der Waals surface area (Å²) in [6.07, 6.45) is 19.5. The molecule has 1 saturated carbocycles. The Balaban J connectivity index is 1.36. The lowest BCUT2D eigenvalue weighted by Gasteiger charge is -2.29. The fraction of sp³-hybridized carbons (Fsp3) is 0.485. The minimum Gasteiger partial charge on any atom is -0.481 e. The van der Waals surface area contributed by atoms with Crippen molar-refractivity contribution >= 4 is 5.97 Å². The highest BCUT2D eigenvalue weighted by Gasteiger charge is 2.35. The topological polar surface area (TPSA) is 63.1 Å². The van der Waals surface area contributed by atoms with E-state index in [4.69, 9.17) is 15.1 Å². The highest BCUT2D eigenvalue weighted by Crippen LogP contribution is 2.44. The number of benzene rings is 2. The predicted octanol–water partition coefficient (Wildman–Crippen LogP) is 8.78. The fourth-order valence-electron chi connectivity index (χ4n) is 5.83. The second kappa shape index (κ2) is 13.5. The summed E-state index contributed by atoms with van der Waals surface area (Å²) in [5.74, 6) is 0.0920. The number of carboxylic acids is 1. The Bertz CT molecular complexity index is 1100. The van der Waals surface area contributed by atoms with Crippen LogP contribution in [0.1, 0.15) is 102 Å². The standard InChI is InChI=1S/C33H42N2O2/c1-2-3-6-11-26-13-15-27(16-14-26)28-17-19-29(20-18-28)32-34-24-30(25-35-32)33(22-9-10-23-33)21-8-5-4-7-12-31(36)37/h13-20,24-25H,2-12,21-23H2,1H3,(H,36,37). The first-order valence-electron chi connectivity index (χ1n) is 14.3. The van der Waals surface area contributed by atoms with Gasteiger partial charge in [0.15, 0.2) is 5.82 Å². The first-order valence-corrected chi connectivity index (χ1v) is 14.3. The summed E-state index contributed by atoms with van der Waals surface area (Å²) < 4.78 is 0. The van der Waals surface area contributed by atoms with Crippen LogP contribution in [0.15, 0.2) is 60.9 Å². The number of hydrogen-bond donors (Lipinski definition) is 1. The molecule has 0 bridgehead atoms. The molecule has 4 rings (SSSR count). The Kier molecular flexibility index (Phi) is 9.87. The molecule has 1 N–H and O–H groups in total. The van der Waals surface area contributed by atoms with E-state index >= 15 is 0 Å². The van der Waals surface area contributed by atoms with E-state index in [0.29, 0.717) is 0 Å². The molecule has 4 heteroatoms. The van der Waals surface area contributed by atoms with Crippen LogP contribution in [-0.2, 0) is 16.6 Å². The normalized spacial score (nSPS) is 14.6. The summed E-state index contributed by atoms with van der Waals surface area (Å²) in [5, 5.41) is 8.83. The summed E-state index contributed by atoms with van der Waals surface area (Å²) in [4.78, 5) is 20.3. The molecule has 1 fully saturated rings. The molecule has 2 aromatic carbocycles. The molecule has 0 atom stereocenters. The molecule has 0 amide bonds. The van der Waals surface area contributed by atoms with Gasteiger partial charge in [0, 0.05) is 24.4 Å². The van der Waals surface area contributed by atoms with E-state index in [2.05, 4.69) is 67.8 Å². The maximum atomic E-state index is 10.7. The molecule has 37 heavy (non-hydrogen) atoms. The molecule has 0 unspecified atom stereocenters. The van der Waals surface area contributed by atoms with Crippen molar-refractivity contribution in [3.63, 3.8) is 0 Å². The average molecular weight is 499 g/mol. The van der Waals surface area contributed by atoms with Gasteiger partial charge in [-0.3, -0.25) is 4.79 Å². The van der Waals surface area contributed by atoms with Crippen molar-refractivity contribution in [1.82, 2.24) is 9.97 Å². The van der Waals surface area contributed by atoms with Crippen LogP contribution in [0.2, 0.25) is 0 Å². The Labute approximate surface area is 222 Å². The number of carbonyl (C=O) groups is 1. The third-order valence-electron chi connectivity index (χ3n) is 8.12. The SMILES string of the molecule is CCCCCc1ccc(-c2ccc(-c3ncc(C4(CCCCCCC(=O)O)CCCC4)cn3)cc2)cc1. The van der Waals surface area contributed by atoms with Gasteiger partial charge in [-0.05, 0) is 66.2 Å². The minimum absolute atomic E-state index is 0.192. The van der Waals surface area contributed by atoms with Gasteiger partial charge in [0.1, 0.15) is 0 Å². The van der Waals surface area contributed by atoms with Crippen LogP contribution in [0, 0.1) is 0 Å². The van der Waals surface area contributed by atoms with Gasteiger partial charge >= 0.3 is 5.97 Å². The maximum absolute atomic E-state index is 10.7. The summed E-state index contributed by atoms with van der Waals surface area (Å²) in [7, 11) is 0. The molecule has 3 aromatic rings. The van der Waals surface area contributed by atoms with Gasteiger partial charge in [-0.15, -0.1) is 0 Å². The highest BCUT2D eigenvalue weighted by atomic mass is 16.4. The van der Waals surface area contributed by atoms with E-state index in [1.54, 1.807) is 0 Å². The van der Waals surface area contributed by atoms with Gasteiger partial charge in [0.2, 0.25) is 0 Å². The molecule has 1 heterocycles. The Morgan fingerprint density at radius 2 is 1.38 bits per heavy atom. The number of aliphatic carboxylic acids is 1. The number of rotatable bonds is 14. The maximum Gasteiger partial charge on any atom is 0.303 e. The zero-order chi connectivity index (χ0) is 25.9. The number of hydrogen-bond acceptors (Lipinski definition) is 3. The van der Waals surface area contributed by atoms with Gasteiger partial charge in [-0.2, -0.15) is 0 Å². The van der Waals surface area contributed by atoms with Crippen molar-refractivity contribution in [2.45, 2.75) is 102 Å². The lowest BCUT2D eigenvalue weighted by molar-refractivity contribution is -0.137. The predicted molar refractivity (Wildman–Crippen MR) is 152 cm³/mol. The molecular weight excluding hydrogens is 456 g/mol. The van der Waals surface area contributed by atoms with Gasteiger partial charge < -0.3 is 5.11 Å². The third kappa shape index (κ3) is 7.50. The van der Waals surface area contributed by atoms with Crippen molar-refractivity contribution in [2.75, 3.05) is 0 Å². The van der Waals surface area contributed by atoms with Crippen LogP contribution in [0.4, 0.5) is 0 Å². The minimum atomic E-state index is -0.689. The van der Waals surface area contributed by atoms with E-state index in [1.165, 1.54) is 67.2 Å². The molecule has 1 aliphatic rings.